The molecule has 2 saturated heterocycles. The van der Waals surface area contributed by atoms with Gasteiger partial charge >= 0.3 is 6.92 Å². The van der Waals surface area contributed by atoms with Crippen molar-refractivity contribution in [1.82, 2.24) is 5.32 Å². The second kappa shape index (κ2) is 13.2. The molecule has 3 nitrogen and oxygen atoms in total. The fraction of sp³-hybridized carbons (Fsp3) is 0.370. The van der Waals surface area contributed by atoms with E-state index in [1.165, 1.54) is 12.8 Å². The molecule has 0 bridgehead atoms. The third-order valence-electron chi connectivity index (χ3n) is 5.62. The van der Waals surface area contributed by atoms with Crippen LogP contribution in [0.5, 0.6) is 0 Å². The number of nitriles is 1. The fourth-order valence-electron chi connectivity index (χ4n) is 3.78. The van der Waals surface area contributed by atoms with Crippen molar-refractivity contribution in [2.45, 2.75) is 38.3 Å². The zero-order valence-corrected chi connectivity index (χ0v) is 18.0. The maximum atomic E-state index is 8.44. The van der Waals surface area contributed by atoms with E-state index in [2.05, 4.69) is 41.1 Å². The molecule has 2 aromatic carbocycles. The smallest absolute Gasteiger partial charge is 0.373 e. The number of benzene rings is 2. The molecule has 156 valence electrons. The van der Waals surface area contributed by atoms with Gasteiger partial charge in [-0.25, -0.2) is 0 Å². The summed E-state index contributed by atoms with van der Waals surface area (Å²) in [4.78, 5) is 0. The van der Waals surface area contributed by atoms with Gasteiger partial charge < -0.3 is 9.97 Å². The van der Waals surface area contributed by atoms with Gasteiger partial charge in [-0.1, -0.05) is 60.1 Å². The van der Waals surface area contributed by atoms with Crippen molar-refractivity contribution in [2.75, 3.05) is 13.1 Å². The van der Waals surface area contributed by atoms with Gasteiger partial charge in [0.05, 0.1) is 0 Å². The molecule has 2 fully saturated rings. The van der Waals surface area contributed by atoms with Crippen molar-refractivity contribution in [3.8, 4) is 29.9 Å². The molecule has 2 aliphatic rings. The molecule has 2 aromatic rings. The molecule has 0 atom stereocenters. The molecule has 0 spiro atoms. The second-order valence-electron chi connectivity index (χ2n) is 7.98. The Morgan fingerprint density at radius 2 is 1.23 bits per heavy atom. The van der Waals surface area contributed by atoms with Gasteiger partial charge in [0.1, 0.15) is 0 Å². The molecule has 0 aromatic heterocycles. The molecule has 4 heteroatoms. The van der Waals surface area contributed by atoms with Crippen LogP contribution in [0.15, 0.2) is 60.7 Å². The molecule has 2 aliphatic heterocycles. The minimum Gasteiger partial charge on any atom is -0.498 e. The maximum Gasteiger partial charge on any atom is 0.373 e. The summed E-state index contributed by atoms with van der Waals surface area (Å²) in [5, 5.41) is 11.8. The first-order chi connectivity index (χ1) is 15.3. The minimum absolute atomic E-state index is 0.120. The lowest BCUT2D eigenvalue weighted by molar-refractivity contribution is 0.447. The molecule has 0 radical (unpaired) electrons. The standard InChI is InChI=1S/C14H14BNO.C13H15N/c16-12-17-15-10-8-14(9-11-15)7-6-13-4-2-1-3-5-13;1-2-4-12(5-3-1)6-7-13-8-10-14-11-9-13/h1-5,14H,8-11H2;1-5,13-14H,8-11H2. The Labute approximate surface area is 187 Å². The third kappa shape index (κ3) is 8.64. The van der Waals surface area contributed by atoms with Crippen LogP contribution in [0, 0.1) is 47.0 Å². The predicted molar refractivity (Wildman–Crippen MR) is 127 cm³/mol. The van der Waals surface area contributed by atoms with E-state index in [0.717, 1.165) is 49.7 Å². The molecule has 0 aliphatic carbocycles. The summed E-state index contributed by atoms with van der Waals surface area (Å²) in [5.74, 6) is 14.1. The van der Waals surface area contributed by atoms with E-state index < -0.39 is 0 Å². The SMILES string of the molecule is C(#CC1CCNCC1)c1ccccc1.N#COB1CCC(C#Cc2ccccc2)CC1. The van der Waals surface area contributed by atoms with Crippen LogP contribution in [0.4, 0.5) is 0 Å². The van der Waals surface area contributed by atoms with Gasteiger partial charge in [0, 0.05) is 23.0 Å². The van der Waals surface area contributed by atoms with Gasteiger partial charge in [-0.2, -0.15) is 5.26 Å². The number of hydrogen-bond acceptors (Lipinski definition) is 3. The Morgan fingerprint density at radius 3 is 1.71 bits per heavy atom. The monoisotopic (exact) mass is 408 g/mol. The molecular formula is C27H29BN2O. The first kappa shape index (κ1) is 22.6. The van der Waals surface area contributed by atoms with Crippen LogP contribution in [0.2, 0.25) is 12.6 Å². The van der Waals surface area contributed by atoms with Crippen molar-refractivity contribution in [2.24, 2.45) is 11.8 Å². The van der Waals surface area contributed by atoms with Crippen molar-refractivity contribution >= 4 is 6.92 Å². The summed E-state index contributed by atoms with van der Waals surface area (Å²) < 4.78 is 4.95. The van der Waals surface area contributed by atoms with Gasteiger partial charge in [-0.3, -0.25) is 0 Å². The lowest BCUT2D eigenvalue weighted by Crippen LogP contribution is -2.26. The first-order valence-electron chi connectivity index (χ1n) is 11.2. The molecule has 1 N–H and O–H groups in total. The van der Waals surface area contributed by atoms with Gasteiger partial charge in [0.25, 0.3) is 6.26 Å². The van der Waals surface area contributed by atoms with Gasteiger partial charge in [-0.15, -0.1) is 0 Å². The molecule has 0 amide bonds. The van der Waals surface area contributed by atoms with Crippen LogP contribution in [0.25, 0.3) is 0 Å². The summed E-state index contributed by atoms with van der Waals surface area (Å²) in [7, 11) is 0. The summed E-state index contributed by atoms with van der Waals surface area (Å²) in [6.07, 6.45) is 8.12. The number of piperidine rings is 1. The quantitative estimate of drug-likeness (QED) is 0.412. The Hall–Kier alpha value is -3.13. The molecule has 31 heavy (non-hydrogen) atoms. The van der Waals surface area contributed by atoms with Crippen LogP contribution in [0.3, 0.4) is 0 Å². The van der Waals surface area contributed by atoms with Crippen molar-refractivity contribution < 1.29 is 4.65 Å². The maximum absolute atomic E-state index is 8.44. The predicted octanol–water partition coefficient (Wildman–Crippen LogP) is 4.97. The average Bonchev–Trinajstić information content (AvgIpc) is 2.85. The van der Waals surface area contributed by atoms with E-state index in [0.29, 0.717) is 11.8 Å². The van der Waals surface area contributed by atoms with E-state index in [4.69, 9.17) is 9.92 Å². The summed E-state index contributed by atoms with van der Waals surface area (Å²) >= 11 is 0. The van der Waals surface area contributed by atoms with Gasteiger partial charge in [-0.05, 0) is 75.7 Å². The molecular weight excluding hydrogens is 379 g/mol. The summed E-state index contributed by atoms with van der Waals surface area (Å²) in [5.41, 5.74) is 2.20. The van der Waals surface area contributed by atoms with E-state index in [9.17, 15) is 0 Å². The van der Waals surface area contributed by atoms with E-state index in [1.807, 2.05) is 48.5 Å². The highest BCUT2D eigenvalue weighted by molar-refractivity contribution is 6.52. The molecule has 0 unspecified atom stereocenters. The number of nitrogens with zero attached hydrogens (tertiary/aromatic N) is 1. The Balaban J connectivity index is 0.000000179. The molecule has 2 heterocycles. The lowest BCUT2D eigenvalue weighted by atomic mass is 9.54. The summed E-state index contributed by atoms with van der Waals surface area (Å²) in [6.45, 7) is 2.36. The Morgan fingerprint density at radius 1 is 0.742 bits per heavy atom. The third-order valence-corrected chi connectivity index (χ3v) is 5.62. The van der Waals surface area contributed by atoms with E-state index in [1.54, 1.807) is 6.26 Å². The first-order valence-corrected chi connectivity index (χ1v) is 11.2. The Kier molecular flexibility index (Phi) is 9.63. The van der Waals surface area contributed by atoms with Crippen LogP contribution in [-0.4, -0.2) is 20.0 Å². The highest BCUT2D eigenvalue weighted by atomic mass is 16.4. The highest BCUT2D eigenvalue weighted by Gasteiger charge is 2.25. The summed E-state index contributed by atoms with van der Waals surface area (Å²) in [6, 6.07) is 20.3. The fourth-order valence-corrected chi connectivity index (χ4v) is 3.78. The zero-order chi connectivity index (χ0) is 21.6. The molecule has 4 rings (SSSR count). The second-order valence-corrected chi connectivity index (χ2v) is 7.98. The van der Waals surface area contributed by atoms with E-state index in [-0.39, 0.29) is 6.92 Å². The minimum atomic E-state index is 0.120. The van der Waals surface area contributed by atoms with Gasteiger partial charge in [0.2, 0.25) is 0 Å². The van der Waals surface area contributed by atoms with E-state index >= 15 is 0 Å². The highest BCUT2D eigenvalue weighted by Crippen LogP contribution is 2.25. The normalized spacial score (nSPS) is 16.3. The van der Waals surface area contributed by atoms with Crippen molar-refractivity contribution in [3.05, 3.63) is 71.8 Å². The largest absolute Gasteiger partial charge is 0.498 e. The zero-order valence-electron chi connectivity index (χ0n) is 18.0. The number of hydrogen-bond donors (Lipinski definition) is 1. The number of nitrogens with one attached hydrogen (secondary N) is 1. The topological polar surface area (TPSA) is 45.0 Å². The average molecular weight is 408 g/mol. The van der Waals surface area contributed by atoms with Gasteiger partial charge in [0.15, 0.2) is 0 Å². The molecule has 0 saturated carbocycles. The van der Waals surface area contributed by atoms with Crippen molar-refractivity contribution in [1.29, 1.82) is 5.26 Å². The van der Waals surface area contributed by atoms with Crippen LogP contribution >= 0.6 is 0 Å². The lowest BCUT2D eigenvalue weighted by Gasteiger charge is -2.19. The van der Waals surface area contributed by atoms with Crippen LogP contribution in [0.1, 0.15) is 36.8 Å². The van der Waals surface area contributed by atoms with Crippen molar-refractivity contribution in [3.63, 3.8) is 0 Å². The van der Waals surface area contributed by atoms with Crippen LogP contribution < -0.4 is 5.32 Å². The Bertz CT molecular complexity index is 933. The van der Waals surface area contributed by atoms with Crippen LogP contribution in [-0.2, 0) is 4.65 Å². The number of rotatable bonds is 1.